The van der Waals surface area contributed by atoms with Crippen LogP contribution in [0.25, 0.3) is 0 Å². The maximum Gasteiger partial charge on any atom is 0.0304 e. The average molecular weight is 188 g/mol. The minimum atomic E-state index is 0.437. The molecular weight excluding hydrogens is 168 g/mol. The minimum absolute atomic E-state index is 0.437. The van der Waals surface area contributed by atoms with E-state index in [0.717, 1.165) is 24.3 Å². The molecule has 0 amide bonds. The van der Waals surface area contributed by atoms with E-state index < -0.39 is 0 Å². The van der Waals surface area contributed by atoms with Gasteiger partial charge in [0.25, 0.3) is 0 Å². The summed E-state index contributed by atoms with van der Waals surface area (Å²) < 4.78 is 0. The quantitative estimate of drug-likeness (QED) is 0.364. The number of hydrogen-bond donors (Lipinski definition) is 2. The van der Waals surface area contributed by atoms with Crippen LogP contribution in [0.15, 0.2) is 12.2 Å². The standard InChI is InChI=1S/C9H20N2S/c1-4-12-7-9(11-10)6-5-8(2)3/h9,11H,2,4-7,10H2,1,3H3. The molecule has 2 nitrogen and oxygen atoms in total. The second-order valence-corrected chi connectivity index (χ2v) is 4.34. The first-order chi connectivity index (χ1) is 5.70. The van der Waals surface area contributed by atoms with E-state index in [-0.39, 0.29) is 0 Å². The molecule has 0 saturated carbocycles. The molecule has 0 aromatic rings. The fraction of sp³-hybridized carbons (Fsp3) is 0.778. The van der Waals surface area contributed by atoms with Crippen molar-refractivity contribution in [1.82, 2.24) is 5.43 Å². The Morgan fingerprint density at radius 2 is 2.33 bits per heavy atom. The van der Waals surface area contributed by atoms with E-state index in [1.165, 1.54) is 5.57 Å². The number of allylic oxidation sites excluding steroid dienone is 1. The molecule has 0 aromatic carbocycles. The molecule has 1 unspecified atom stereocenters. The van der Waals surface area contributed by atoms with Gasteiger partial charge >= 0.3 is 0 Å². The monoisotopic (exact) mass is 188 g/mol. The van der Waals surface area contributed by atoms with Gasteiger partial charge in [0.2, 0.25) is 0 Å². The van der Waals surface area contributed by atoms with E-state index in [0.29, 0.717) is 6.04 Å². The van der Waals surface area contributed by atoms with Gasteiger partial charge in [-0.25, -0.2) is 0 Å². The Morgan fingerprint density at radius 1 is 1.67 bits per heavy atom. The molecule has 0 aliphatic carbocycles. The summed E-state index contributed by atoms with van der Waals surface area (Å²) in [5.41, 5.74) is 4.06. The summed E-state index contributed by atoms with van der Waals surface area (Å²) in [5, 5.41) is 0. The van der Waals surface area contributed by atoms with Crippen molar-refractivity contribution < 1.29 is 0 Å². The Morgan fingerprint density at radius 3 is 2.75 bits per heavy atom. The molecule has 1 atom stereocenters. The number of nitrogens with one attached hydrogen (secondary N) is 1. The Hall–Kier alpha value is 0.01000. The zero-order chi connectivity index (χ0) is 9.40. The maximum atomic E-state index is 5.41. The number of hydrogen-bond acceptors (Lipinski definition) is 3. The van der Waals surface area contributed by atoms with Crippen molar-refractivity contribution in [2.24, 2.45) is 5.84 Å². The van der Waals surface area contributed by atoms with Crippen molar-refractivity contribution >= 4 is 11.8 Å². The predicted octanol–water partition coefficient (Wildman–Crippen LogP) is 1.93. The normalized spacial score (nSPS) is 12.9. The summed E-state index contributed by atoms with van der Waals surface area (Å²) in [6.07, 6.45) is 2.16. The predicted molar refractivity (Wildman–Crippen MR) is 58.2 cm³/mol. The second-order valence-electron chi connectivity index (χ2n) is 3.02. The summed E-state index contributed by atoms with van der Waals surface area (Å²) in [7, 11) is 0. The van der Waals surface area contributed by atoms with Gasteiger partial charge in [-0.1, -0.05) is 12.5 Å². The minimum Gasteiger partial charge on any atom is -0.271 e. The van der Waals surface area contributed by atoms with Gasteiger partial charge in [0.15, 0.2) is 0 Å². The van der Waals surface area contributed by atoms with Crippen LogP contribution in [0.1, 0.15) is 26.7 Å². The van der Waals surface area contributed by atoms with Crippen molar-refractivity contribution in [1.29, 1.82) is 0 Å². The first-order valence-electron chi connectivity index (χ1n) is 4.39. The number of nitrogens with two attached hydrogens (primary N) is 1. The van der Waals surface area contributed by atoms with Crippen LogP contribution in [-0.4, -0.2) is 17.5 Å². The average Bonchev–Trinajstić information content (AvgIpc) is 2.05. The fourth-order valence-electron chi connectivity index (χ4n) is 0.896. The molecule has 0 radical (unpaired) electrons. The van der Waals surface area contributed by atoms with Gasteiger partial charge in [0.1, 0.15) is 0 Å². The van der Waals surface area contributed by atoms with Gasteiger partial charge in [-0.15, -0.1) is 6.58 Å². The highest BCUT2D eigenvalue weighted by atomic mass is 32.2. The zero-order valence-electron chi connectivity index (χ0n) is 8.10. The molecule has 0 saturated heterocycles. The molecule has 72 valence electrons. The third-order valence-electron chi connectivity index (χ3n) is 1.68. The van der Waals surface area contributed by atoms with Crippen LogP contribution in [0.4, 0.5) is 0 Å². The molecule has 0 aliphatic heterocycles. The summed E-state index contributed by atoms with van der Waals surface area (Å²) >= 11 is 1.92. The Kier molecular flexibility index (Phi) is 7.65. The lowest BCUT2D eigenvalue weighted by atomic mass is 10.1. The molecule has 0 rings (SSSR count). The first kappa shape index (κ1) is 12.0. The van der Waals surface area contributed by atoms with Crippen LogP contribution in [0.2, 0.25) is 0 Å². The largest absolute Gasteiger partial charge is 0.271 e. The molecule has 12 heavy (non-hydrogen) atoms. The molecular formula is C9H20N2S. The van der Waals surface area contributed by atoms with Crippen molar-refractivity contribution in [2.75, 3.05) is 11.5 Å². The lowest BCUT2D eigenvalue weighted by Crippen LogP contribution is -2.37. The molecule has 0 aliphatic rings. The van der Waals surface area contributed by atoms with E-state index in [1.54, 1.807) is 0 Å². The van der Waals surface area contributed by atoms with Crippen LogP contribution in [0.3, 0.4) is 0 Å². The Bertz CT molecular complexity index is 126. The van der Waals surface area contributed by atoms with Crippen LogP contribution in [-0.2, 0) is 0 Å². The van der Waals surface area contributed by atoms with Crippen molar-refractivity contribution in [2.45, 2.75) is 32.7 Å². The number of rotatable bonds is 7. The number of thioether (sulfide) groups is 1. The molecule has 0 spiro atoms. The van der Waals surface area contributed by atoms with Crippen LogP contribution in [0.5, 0.6) is 0 Å². The number of hydrazine groups is 1. The molecule has 0 bridgehead atoms. The summed E-state index contributed by atoms with van der Waals surface area (Å²) in [6.45, 7) is 8.09. The second kappa shape index (κ2) is 7.65. The lowest BCUT2D eigenvalue weighted by molar-refractivity contribution is 0.538. The van der Waals surface area contributed by atoms with Gasteiger partial charge in [0, 0.05) is 11.8 Å². The topological polar surface area (TPSA) is 38.0 Å². The Labute approximate surface area is 80.0 Å². The van der Waals surface area contributed by atoms with Crippen LogP contribution in [0, 0.1) is 0 Å². The molecule has 0 fully saturated rings. The van der Waals surface area contributed by atoms with E-state index in [9.17, 15) is 0 Å². The molecule has 0 aromatic heterocycles. The summed E-state index contributed by atoms with van der Waals surface area (Å²) in [4.78, 5) is 0. The summed E-state index contributed by atoms with van der Waals surface area (Å²) in [6, 6.07) is 0.437. The van der Waals surface area contributed by atoms with Crippen molar-refractivity contribution in [3.05, 3.63) is 12.2 Å². The van der Waals surface area contributed by atoms with Crippen LogP contribution >= 0.6 is 11.8 Å². The van der Waals surface area contributed by atoms with Gasteiger partial charge in [0.05, 0.1) is 0 Å². The van der Waals surface area contributed by atoms with E-state index in [4.69, 9.17) is 5.84 Å². The van der Waals surface area contributed by atoms with Gasteiger partial charge in [-0.3, -0.25) is 11.3 Å². The third-order valence-corrected chi connectivity index (χ3v) is 2.72. The molecule has 3 heteroatoms. The molecule has 0 heterocycles. The fourth-order valence-corrected chi connectivity index (χ4v) is 1.68. The van der Waals surface area contributed by atoms with E-state index in [1.807, 2.05) is 11.8 Å². The summed E-state index contributed by atoms with van der Waals surface area (Å²) in [5.74, 6) is 7.66. The highest BCUT2D eigenvalue weighted by Crippen LogP contribution is 2.09. The van der Waals surface area contributed by atoms with Gasteiger partial charge in [-0.05, 0) is 25.5 Å². The molecule has 3 N–H and O–H groups in total. The van der Waals surface area contributed by atoms with E-state index in [2.05, 4.69) is 25.9 Å². The third kappa shape index (κ3) is 6.70. The smallest absolute Gasteiger partial charge is 0.0304 e. The Balaban J connectivity index is 3.45. The van der Waals surface area contributed by atoms with Crippen molar-refractivity contribution in [3.63, 3.8) is 0 Å². The van der Waals surface area contributed by atoms with Gasteiger partial charge < -0.3 is 0 Å². The first-order valence-corrected chi connectivity index (χ1v) is 5.54. The zero-order valence-corrected chi connectivity index (χ0v) is 8.91. The van der Waals surface area contributed by atoms with E-state index >= 15 is 0 Å². The highest BCUT2D eigenvalue weighted by Gasteiger charge is 2.04. The van der Waals surface area contributed by atoms with Crippen LogP contribution < -0.4 is 11.3 Å². The SMILES string of the molecule is C=C(C)CCC(CSCC)NN. The van der Waals surface area contributed by atoms with Crippen molar-refractivity contribution in [3.8, 4) is 0 Å². The van der Waals surface area contributed by atoms with Gasteiger partial charge in [-0.2, -0.15) is 11.8 Å². The highest BCUT2D eigenvalue weighted by molar-refractivity contribution is 7.99. The maximum absolute atomic E-state index is 5.41. The lowest BCUT2D eigenvalue weighted by Gasteiger charge is -2.14.